The van der Waals surface area contributed by atoms with Crippen molar-refractivity contribution in [3.05, 3.63) is 62.6 Å². The van der Waals surface area contributed by atoms with Gasteiger partial charge in [-0.2, -0.15) is 5.10 Å². The minimum absolute atomic E-state index is 0.0244. The highest BCUT2D eigenvalue weighted by Crippen LogP contribution is 2.28. The van der Waals surface area contributed by atoms with Crippen molar-refractivity contribution in [1.29, 1.82) is 0 Å². The summed E-state index contributed by atoms with van der Waals surface area (Å²) in [5.41, 5.74) is 3.14. The van der Waals surface area contributed by atoms with Gasteiger partial charge in [-0.05, 0) is 75.7 Å². The second-order valence-corrected chi connectivity index (χ2v) is 9.55. The van der Waals surface area contributed by atoms with Crippen molar-refractivity contribution >= 4 is 11.3 Å². The molecule has 3 aromatic heterocycles. The average Bonchev–Trinajstić information content (AvgIpc) is 3.19. The number of hydrogen-bond donors (Lipinski definition) is 0. The van der Waals surface area contributed by atoms with E-state index in [9.17, 15) is 4.79 Å². The van der Waals surface area contributed by atoms with Gasteiger partial charge in [0.2, 0.25) is 0 Å². The van der Waals surface area contributed by atoms with Crippen LogP contribution < -0.4 is 5.56 Å². The van der Waals surface area contributed by atoms with Gasteiger partial charge in [-0.15, -0.1) is 11.3 Å². The number of fused-ring (bicyclic) bond motifs is 1. The number of aromatic nitrogens is 4. The lowest BCUT2D eigenvalue weighted by Gasteiger charge is -2.31. The van der Waals surface area contributed by atoms with Gasteiger partial charge >= 0.3 is 0 Å². The summed E-state index contributed by atoms with van der Waals surface area (Å²) in [7, 11) is 0. The summed E-state index contributed by atoms with van der Waals surface area (Å²) in [5.74, 6) is 0.489. The topological polar surface area (TPSA) is 63.9 Å². The molecular weight excluding hydrogens is 394 g/mol. The number of thiazole rings is 1. The standard InChI is InChI=1S/C23H27N5OS/c29-23-6-5-19(18-7-11-24-12-8-18)26-28(23)15-17-9-13-27(14-10-17)16-22-25-20-3-1-2-4-21(20)30-22/h5-8,11-12,17H,1-4,9-10,13-16H2. The second-order valence-electron chi connectivity index (χ2n) is 8.38. The Bertz CT molecular complexity index is 1030. The Morgan fingerprint density at radius 1 is 1.03 bits per heavy atom. The van der Waals surface area contributed by atoms with Gasteiger partial charge in [0, 0.05) is 35.4 Å². The zero-order valence-electron chi connectivity index (χ0n) is 17.2. The Morgan fingerprint density at radius 3 is 2.63 bits per heavy atom. The fraction of sp³-hybridized carbons (Fsp3) is 0.478. The smallest absolute Gasteiger partial charge is 0.266 e. The van der Waals surface area contributed by atoms with E-state index in [1.807, 2.05) is 23.5 Å². The van der Waals surface area contributed by atoms with Crippen LogP contribution >= 0.6 is 11.3 Å². The van der Waals surface area contributed by atoms with Crippen LogP contribution in [0.3, 0.4) is 0 Å². The minimum Gasteiger partial charge on any atom is -0.297 e. The van der Waals surface area contributed by atoms with Crippen LogP contribution in [0.2, 0.25) is 0 Å². The Hall–Kier alpha value is -2.38. The molecule has 0 amide bonds. The van der Waals surface area contributed by atoms with Crippen LogP contribution in [0.15, 0.2) is 41.5 Å². The van der Waals surface area contributed by atoms with Crippen LogP contribution in [0.5, 0.6) is 0 Å². The van der Waals surface area contributed by atoms with Crippen molar-refractivity contribution in [2.75, 3.05) is 13.1 Å². The Balaban J connectivity index is 1.19. The molecule has 0 aromatic carbocycles. The number of hydrogen-bond acceptors (Lipinski definition) is 6. The highest BCUT2D eigenvalue weighted by Gasteiger charge is 2.22. The van der Waals surface area contributed by atoms with Crippen LogP contribution in [-0.4, -0.2) is 37.7 Å². The van der Waals surface area contributed by atoms with E-state index in [2.05, 4.69) is 15.0 Å². The normalized spacial score (nSPS) is 17.7. The third-order valence-corrected chi connectivity index (χ3v) is 7.37. The summed E-state index contributed by atoms with van der Waals surface area (Å²) >= 11 is 1.92. The van der Waals surface area contributed by atoms with Gasteiger partial charge in [-0.25, -0.2) is 9.67 Å². The van der Waals surface area contributed by atoms with Gasteiger partial charge in [0.1, 0.15) is 5.01 Å². The molecule has 0 unspecified atom stereocenters. The van der Waals surface area contributed by atoms with Crippen molar-refractivity contribution in [3.63, 3.8) is 0 Å². The van der Waals surface area contributed by atoms with Gasteiger partial charge < -0.3 is 0 Å². The third-order valence-electron chi connectivity index (χ3n) is 6.23. The van der Waals surface area contributed by atoms with E-state index in [1.54, 1.807) is 29.2 Å². The lowest BCUT2D eigenvalue weighted by Crippen LogP contribution is -2.36. The van der Waals surface area contributed by atoms with Gasteiger partial charge in [0.25, 0.3) is 5.56 Å². The van der Waals surface area contributed by atoms with Crippen LogP contribution in [-0.2, 0) is 25.9 Å². The maximum Gasteiger partial charge on any atom is 0.266 e. The van der Waals surface area contributed by atoms with E-state index in [4.69, 9.17) is 4.98 Å². The molecule has 30 heavy (non-hydrogen) atoms. The molecule has 1 aliphatic carbocycles. The number of nitrogens with zero attached hydrogens (tertiary/aromatic N) is 5. The van der Waals surface area contributed by atoms with E-state index < -0.39 is 0 Å². The highest BCUT2D eigenvalue weighted by atomic mass is 32.1. The van der Waals surface area contributed by atoms with Crippen molar-refractivity contribution in [1.82, 2.24) is 24.6 Å². The number of rotatable bonds is 5. The molecule has 156 valence electrons. The predicted molar refractivity (Wildman–Crippen MR) is 118 cm³/mol. The third kappa shape index (κ3) is 4.37. The van der Waals surface area contributed by atoms with E-state index in [-0.39, 0.29) is 5.56 Å². The first-order chi connectivity index (χ1) is 14.7. The first kappa shape index (κ1) is 19.6. The van der Waals surface area contributed by atoms with Crippen molar-refractivity contribution in [3.8, 4) is 11.3 Å². The molecule has 0 atom stereocenters. The van der Waals surface area contributed by atoms with E-state index >= 15 is 0 Å². The fourth-order valence-electron chi connectivity index (χ4n) is 4.49. The molecule has 3 aromatic rings. The molecule has 0 radical (unpaired) electrons. The molecule has 0 spiro atoms. The van der Waals surface area contributed by atoms with Crippen LogP contribution in [0, 0.1) is 5.92 Å². The maximum absolute atomic E-state index is 12.3. The summed E-state index contributed by atoms with van der Waals surface area (Å²) in [5, 5.41) is 5.90. The Morgan fingerprint density at radius 2 is 1.83 bits per heavy atom. The molecule has 5 rings (SSSR count). The molecule has 6 nitrogen and oxygen atoms in total. The largest absolute Gasteiger partial charge is 0.297 e. The van der Waals surface area contributed by atoms with Crippen molar-refractivity contribution in [2.45, 2.75) is 51.6 Å². The average molecular weight is 422 g/mol. The van der Waals surface area contributed by atoms with Crippen LogP contribution in [0.4, 0.5) is 0 Å². The first-order valence-corrected chi connectivity index (χ1v) is 11.7. The van der Waals surface area contributed by atoms with E-state index in [0.717, 1.165) is 50.2 Å². The van der Waals surface area contributed by atoms with E-state index in [1.165, 1.54) is 34.8 Å². The molecule has 2 aliphatic rings. The second kappa shape index (κ2) is 8.78. The monoisotopic (exact) mass is 421 g/mol. The minimum atomic E-state index is -0.0244. The van der Waals surface area contributed by atoms with Gasteiger partial charge in [0.15, 0.2) is 0 Å². The SMILES string of the molecule is O=c1ccc(-c2ccncc2)nn1CC1CCN(Cc2nc3c(s2)CCCC3)CC1. The molecule has 1 aliphatic heterocycles. The highest BCUT2D eigenvalue weighted by molar-refractivity contribution is 7.11. The Labute approximate surface area is 180 Å². The zero-order valence-corrected chi connectivity index (χ0v) is 18.0. The molecule has 0 N–H and O–H groups in total. The number of pyridine rings is 1. The first-order valence-electron chi connectivity index (χ1n) is 10.9. The quantitative estimate of drug-likeness (QED) is 0.630. The lowest BCUT2D eigenvalue weighted by atomic mass is 9.97. The molecule has 1 saturated heterocycles. The number of likely N-dealkylation sites (tertiary alicyclic amines) is 1. The molecule has 1 fully saturated rings. The summed E-state index contributed by atoms with van der Waals surface area (Å²) in [4.78, 5) is 25.3. The summed E-state index contributed by atoms with van der Waals surface area (Å²) in [6.07, 6.45) is 10.7. The van der Waals surface area contributed by atoms with Gasteiger partial charge in [0.05, 0.1) is 17.9 Å². The summed E-state index contributed by atoms with van der Waals surface area (Å²) < 4.78 is 1.64. The molecule has 0 bridgehead atoms. The summed E-state index contributed by atoms with van der Waals surface area (Å²) in [6, 6.07) is 7.27. The predicted octanol–water partition coefficient (Wildman–Crippen LogP) is 3.55. The maximum atomic E-state index is 12.3. The zero-order chi connectivity index (χ0) is 20.3. The molecular formula is C23H27N5OS. The van der Waals surface area contributed by atoms with Gasteiger partial charge in [-0.3, -0.25) is 14.7 Å². The Kier molecular flexibility index (Phi) is 5.73. The summed E-state index contributed by atoms with van der Waals surface area (Å²) in [6.45, 7) is 3.79. The van der Waals surface area contributed by atoms with Crippen molar-refractivity contribution in [2.24, 2.45) is 5.92 Å². The fourth-order valence-corrected chi connectivity index (χ4v) is 5.69. The van der Waals surface area contributed by atoms with Crippen LogP contribution in [0.25, 0.3) is 11.3 Å². The number of aryl methyl sites for hydroxylation is 2. The molecule has 0 saturated carbocycles. The lowest BCUT2D eigenvalue weighted by molar-refractivity contribution is 0.163. The number of piperidine rings is 1. The van der Waals surface area contributed by atoms with Gasteiger partial charge in [-0.1, -0.05) is 0 Å². The molecule has 4 heterocycles. The molecule has 7 heteroatoms. The van der Waals surface area contributed by atoms with Crippen molar-refractivity contribution < 1.29 is 0 Å². The van der Waals surface area contributed by atoms with E-state index in [0.29, 0.717) is 12.5 Å². The van der Waals surface area contributed by atoms with Crippen LogP contribution in [0.1, 0.15) is 41.3 Å².